The number of hydrogen-bond acceptors (Lipinski definition) is 2. The van der Waals surface area contributed by atoms with Gasteiger partial charge >= 0.3 is 0 Å². The van der Waals surface area contributed by atoms with Gasteiger partial charge in [0.15, 0.2) is 0 Å². The molecule has 3 heteroatoms. The van der Waals surface area contributed by atoms with Crippen molar-refractivity contribution in [2.45, 2.75) is 25.8 Å². The summed E-state index contributed by atoms with van der Waals surface area (Å²) >= 11 is 0. The van der Waals surface area contributed by atoms with Crippen molar-refractivity contribution in [2.24, 2.45) is 0 Å². The maximum absolute atomic E-state index is 11.7. The van der Waals surface area contributed by atoms with Crippen LogP contribution in [0.15, 0.2) is 60.7 Å². The zero-order chi connectivity index (χ0) is 18.3. The fourth-order valence-electron chi connectivity index (χ4n) is 2.52. The van der Waals surface area contributed by atoms with Crippen molar-refractivity contribution in [1.82, 2.24) is 10.2 Å². The van der Waals surface area contributed by atoms with Crippen LogP contribution >= 0.6 is 0 Å². The topological polar surface area (TPSA) is 32.3 Å². The molecule has 3 nitrogen and oxygen atoms in total. The molecule has 1 amide bonds. The summed E-state index contributed by atoms with van der Waals surface area (Å²) < 4.78 is 0. The quantitative estimate of drug-likeness (QED) is 0.867. The monoisotopic (exact) mass is 336 g/mol. The summed E-state index contributed by atoms with van der Waals surface area (Å²) in [6.45, 7) is 3.23. The third-order valence-corrected chi connectivity index (χ3v) is 3.87. The Kier molecular flexibility index (Phi) is 10.5. The maximum atomic E-state index is 11.7. The van der Waals surface area contributed by atoms with Crippen LogP contribution < -0.4 is 5.32 Å². The molecular formula is C22H28N2O. The third-order valence-electron chi connectivity index (χ3n) is 3.87. The number of amides is 1. The van der Waals surface area contributed by atoms with Crippen LogP contribution in [-0.2, 0) is 17.8 Å². The highest BCUT2D eigenvalue weighted by Gasteiger charge is 2.03. The van der Waals surface area contributed by atoms with E-state index in [-0.39, 0.29) is 5.91 Å². The first-order valence-electron chi connectivity index (χ1n) is 8.60. The van der Waals surface area contributed by atoms with E-state index in [4.69, 9.17) is 0 Å². The van der Waals surface area contributed by atoms with E-state index in [2.05, 4.69) is 30.1 Å². The van der Waals surface area contributed by atoms with E-state index < -0.39 is 0 Å². The molecule has 2 aromatic rings. The fraction of sp³-hybridized carbons (Fsp3) is 0.318. The standard InChI is InChI=1S/C15H15NO.C5H11N.C2H2/c17-15(11-13-7-3-1-4-8-13)16-12-14-9-5-2-6-10-14;1-6-4-2-3-5-6;1-2/h1-10H,11-12H2,(H,16,17);2-5H2,1H3;1-2H. The number of hydrogen-bond donors (Lipinski definition) is 1. The van der Waals surface area contributed by atoms with Crippen LogP contribution in [0.1, 0.15) is 24.0 Å². The number of carbonyl (C=O) groups is 1. The molecule has 1 aliphatic rings. The predicted molar refractivity (Wildman–Crippen MR) is 105 cm³/mol. The smallest absolute Gasteiger partial charge is 0.224 e. The highest BCUT2D eigenvalue weighted by atomic mass is 16.1. The van der Waals surface area contributed by atoms with Crippen LogP contribution in [-0.4, -0.2) is 30.9 Å². The first-order chi connectivity index (χ1) is 12.2. The number of rotatable bonds is 4. The Bertz CT molecular complexity index is 602. The summed E-state index contributed by atoms with van der Waals surface area (Å²) in [5.74, 6) is 0.0556. The van der Waals surface area contributed by atoms with E-state index in [1.807, 2.05) is 60.7 Å². The van der Waals surface area contributed by atoms with Gasteiger partial charge in [0.1, 0.15) is 0 Å². The van der Waals surface area contributed by atoms with Crippen LogP contribution in [0, 0.1) is 12.8 Å². The van der Waals surface area contributed by atoms with Gasteiger partial charge in [-0.05, 0) is 44.1 Å². The molecule has 0 radical (unpaired) electrons. The minimum atomic E-state index is 0.0556. The van der Waals surface area contributed by atoms with Crippen LogP contribution in [0.5, 0.6) is 0 Å². The molecule has 1 aliphatic heterocycles. The second-order valence-corrected chi connectivity index (χ2v) is 5.94. The van der Waals surface area contributed by atoms with Gasteiger partial charge in [0, 0.05) is 6.54 Å². The van der Waals surface area contributed by atoms with Gasteiger partial charge in [-0.25, -0.2) is 0 Å². The second kappa shape index (κ2) is 12.8. The van der Waals surface area contributed by atoms with E-state index in [0.717, 1.165) is 11.1 Å². The number of benzene rings is 2. The lowest BCUT2D eigenvalue weighted by molar-refractivity contribution is -0.120. The number of nitrogens with one attached hydrogen (secondary N) is 1. The largest absolute Gasteiger partial charge is 0.352 e. The molecule has 0 saturated carbocycles. The summed E-state index contributed by atoms with van der Waals surface area (Å²) in [5, 5.41) is 2.91. The molecular weight excluding hydrogens is 308 g/mol. The average Bonchev–Trinajstić information content (AvgIpc) is 3.15. The molecule has 0 unspecified atom stereocenters. The number of nitrogens with zero attached hydrogens (tertiary/aromatic N) is 1. The lowest BCUT2D eigenvalue weighted by Gasteiger charge is -2.05. The Balaban J connectivity index is 0.000000326. The van der Waals surface area contributed by atoms with Crippen molar-refractivity contribution in [1.29, 1.82) is 0 Å². The molecule has 2 aromatic carbocycles. The van der Waals surface area contributed by atoms with Gasteiger partial charge in [-0.2, -0.15) is 0 Å². The molecule has 3 rings (SSSR count). The molecule has 1 saturated heterocycles. The lowest BCUT2D eigenvalue weighted by atomic mass is 10.1. The lowest BCUT2D eigenvalue weighted by Crippen LogP contribution is -2.24. The van der Waals surface area contributed by atoms with Gasteiger partial charge in [-0.3, -0.25) is 4.79 Å². The van der Waals surface area contributed by atoms with Crippen LogP contribution in [0.2, 0.25) is 0 Å². The van der Waals surface area contributed by atoms with Crippen molar-refractivity contribution < 1.29 is 4.79 Å². The highest BCUT2D eigenvalue weighted by Crippen LogP contribution is 2.02. The Morgan fingerprint density at radius 3 is 1.84 bits per heavy atom. The molecule has 0 atom stereocenters. The van der Waals surface area contributed by atoms with Crippen molar-refractivity contribution in [3.05, 3.63) is 71.8 Å². The SMILES string of the molecule is C#C.CN1CCCC1.O=C(Cc1ccccc1)NCc1ccccc1. The Morgan fingerprint density at radius 2 is 1.40 bits per heavy atom. The second-order valence-electron chi connectivity index (χ2n) is 5.94. The Hall–Kier alpha value is -2.57. The summed E-state index contributed by atoms with van der Waals surface area (Å²) in [7, 11) is 2.17. The normalized spacial score (nSPS) is 12.9. The summed E-state index contributed by atoms with van der Waals surface area (Å²) in [4.78, 5) is 14.0. The van der Waals surface area contributed by atoms with E-state index >= 15 is 0 Å². The number of terminal acetylenes is 1. The summed E-state index contributed by atoms with van der Waals surface area (Å²) in [6.07, 6.45) is 11.3. The van der Waals surface area contributed by atoms with E-state index in [0.29, 0.717) is 13.0 Å². The number of likely N-dealkylation sites (tertiary alicyclic amines) is 1. The summed E-state index contributed by atoms with van der Waals surface area (Å²) in [5.41, 5.74) is 2.16. The molecule has 1 heterocycles. The van der Waals surface area contributed by atoms with E-state index in [9.17, 15) is 4.79 Å². The highest BCUT2D eigenvalue weighted by molar-refractivity contribution is 5.78. The average molecular weight is 336 g/mol. The minimum Gasteiger partial charge on any atom is -0.352 e. The third kappa shape index (κ3) is 9.34. The first-order valence-corrected chi connectivity index (χ1v) is 8.60. The van der Waals surface area contributed by atoms with Gasteiger partial charge in [0.25, 0.3) is 0 Å². The van der Waals surface area contributed by atoms with E-state index in [1.165, 1.54) is 25.9 Å². The fourth-order valence-corrected chi connectivity index (χ4v) is 2.52. The summed E-state index contributed by atoms with van der Waals surface area (Å²) in [6, 6.07) is 19.7. The van der Waals surface area contributed by atoms with Crippen molar-refractivity contribution in [2.75, 3.05) is 20.1 Å². The number of carbonyl (C=O) groups excluding carboxylic acids is 1. The zero-order valence-corrected chi connectivity index (χ0v) is 15.0. The minimum absolute atomic E-state index is 0.0556. The Labute approximate surface area is 152 Å². The van der Waals surface area contributed by atoms with Crippen LogP contribution in [0.3, 0.4) is 0 Å². The molecule has 132 valence electrons. The van der Waals surface area contributed by atoms with Crippen molar-refractivity contribution >= 4 is 5.91 Å². The maximum Gasteiger partial charge on any atom is 0.224 e. The Morgan fingerprint density at radius 1 is 0.920 bits per heavy atom. The van der Waals surface area contributed by atoms with Crippen molar-refractivity contribution in [3.8, 4) is 12.8 Å². The van der Waals surface area contributed by atoms with Gasteiger partial charge in [0.05, 0.1) is 6.42 Å². The molecule has 0 aromatic heterocycles. The molecule has 1 N–H and O–H groups in total. The first kappa shape index (κ1) is 20.5. The van der Waals surface area contributed by atoms with Crippen LogP contribution in [0.25, 0.3) is 0 Å². The zero-order valence-electron chi connectivity index (χ0n) is 15.0. The predicted octanol–water partition coefficient (Wildman–Crippen LogP) is 3.51. The van der Waals surface area contributed by atoms with Gasteiger partial charge < -0.3 is 10.2 Å². The van der Waals surface area contributed by atoms with Crippen molar-refractivity contribution in [3.63, 3.8) is 0 Å². The molecule has 0 bridgehead atoms. The van der Waals surface area contributed by atoms with Gasteiger partial charge in [0.2, 0.25) is 5.91 Å². The van der Waals surface area contributed by atoms with Gasteiger partial charge in [-0.1, -0.05) is 60.7 Å². The molecule has 0 aliphatic carbocycles. The molecule has 1 fully saturated rings. The van der Waals surface area contributed by atoms with Gasteiger partial charge in [-0.15, -0.1) is 12.8 Å². The molecule has 25 heavy (non-hydrogen) atoms. The molecule has 0 spiro atoms. The van der Waals surface area contributed by atoms with E-state index in [1.54, 1.807) is 0 Å². The van der Waals surface area contributed by atoms with Crippen LogP contribution in [0.4, 0.5) is 0 Å².